The van der Waals surface area contributed by atoms with Gasteiger partial charge in [0.05, 0.1) is 33.8 Å². The Labute approximate surface area is 193 Å². The van der Waals surface area contributed by atoms with Crippen LogP contribution in [-0.4, -0.2) is 37.6 Å². The molecule has 1 saturated heterocycles. The average molecular weight is 464 g/mol. The van der Waals surface area contributed by atoms with Crippen molar-refractivity contribution in [1.29, 1.82) is 0 Å². The molecule has 0 unspecified atom stereocenters. The monoisotopic (exact) mass is 464 g/mol. The van der Waals surface area contributed by atoms with Crippen LogP contribution in [0.4, 0.5) is 11.4 Å². The third-order valence-electron chi connectivity index (χ3n) is 6.16. The molecule has 2 aliphatic rings. The zero-order valence-corrected chi connectivity index (χ0v) is 18.1. The van der Waals surface area contributed by atoms with Crippen molar-refractivity contribution in [2.24, 2.45) is 17.8 Å². The number of hydrogen-bond donors (Lipinski definition) is 0. The van der Waals surface area contributed by atoms with Crippen LogP contribution in [0, 0.1) is 38.0 Å². The van der Waals surface area contributed by atoms with Crippen molar-refractivity contribution in [2.75, 3.05) is 0 Å². The number of nitrogens with zero attached hydrogens (tertiary/aromatic N) is 4. The Bertz CT molecular complexity index is 1240. The Morgan fingerprint density at radius 1 is 1.00 bits per heavy atom. The summed E-state index contributed by atoms with van der Waals surface area (Å²) in [4.78, 5) is 62.0. The molecular formula is C23H20N4O7. The first-order valence-corrected chi connectivity index (χ1v) is 10.5. The van der Waals surface area contributed by atoms with E-state index in [4.69, 9.17) is 0 Å². The van der Waals surface area contributed by atoms with Crippen LogP contribution in [-0.2, 0) is 16.1 Å². The number of carbonyl (C=O) groups is 3. The molecule has 0 N–H and O–H groups in total. The van der Waals surface area contributed by atoms with Gasteiger partial charge in [0.2, 0.25) is 0 Å². The van der Waals surface area contributed by atoms with Crippen molar-refractivity contribution < 1.29 is 24.2 Å². The number of imide groups is 1. The summed E-state index contributed by atoms with van der Waals surface area (Å²) in [7, 11) is 0. The highest BCUT2D eigenvalue weighted by molar-refractivity contribution is 6.08. The molecule has 11 nitrogen and oxygen atoms in total. The minimum Gasteiger partial charge on any atom is -0.272 e. The van der Waals surface area contributed by atoms with Crippen molar-refractivity contribution in [1.82, 2.24) is 10.0 Å². The summed E-state index contributed by atoms with van der Waals surface area (Å²) in [5.41, 5.74) is -1.09. The molecule has 4 rings (SSSR count). The summed E-state index contributed by atoms with van der Waals surface area (Å²) in [6.07, 6.45) is 3.94. The van der Waals surface area contributed by atoms with Gasteiger partial charge in [-0.15, -0.1) is 0 Å². The normalized spacial score (nSPS) is 21.3. The lowest BCUT2D eigenvalue weighted by Gasteiger charge is -2.30. The number of hydrogen-bond acceptors (Lipinski definition) is 7. The van der Waals surface area contributed by atoms with Gasteiger partial charge in [-0.3, -0.25) is 34.6 Å². The van der Waals surface area contributed by atoms with E-state index in [1.165, 1.54) is 42.5 Å². The minimum absolute atomic E-state index is 0.0704. The number of benzene rings is 2. The fourth-order valence-corrected chi connectivity index (χ4v) is 4.54. The molecule has 2 aromatic rings. The maximum Gasteiger partial charge on any atom is 0.282 e. The lowest BCUT2D eigenvalue weighted by Crippen LogP contribution is -2.50. The first kappa shape index (κ1) is 22.8. The van der Waals surface area contributed by atoms with E-state index in [0.29, 0.717) is 11.4 Å². The van der Waals surface area contributed by atoms with Crippen molar-refractivity contribution in [3.63, 3.8) is 0 Å². The second-order valence-electron chi connectivity index (χ2n) is 8.17. The SMILES string of the molecule is C[C@@H]1C=CC[C@H]2C(=O)N(N(Cc3ccccc3[N+](=O)[O-])C(=O)c3ccccc3[N+](=O)[O-])C(=O)[C@@H]12. The van der Waals surface area contributed by atoms with Gasteiger partial charge in [-0.25, -0.2) is 5.01 Å². The number of rotatable bonds is 6. The molecule has 0 radical (unpaired) electrons. The highest BCUT2D eigenvalue weighted by Crippen LogP contribution is 2.40. The molecule has 11 heteroatoms. The highest BCUT2D eigenvalue weighted by Gasteiger charge is 2.53. The molecule has 174 valence electrons. The van der Waals surface area contributed by atoms with Crippen molar-refractivity contribution in [2.45, 2.75) is 19.9 Å². The predicted molar refractivity (Wildman–Crippen MR) is 118 cm³/mol. The molecule has 0 bridgehead atoms. The van der Waals surface area contributed by atoms with Crippen LogP contribution in [0.5, 0.6) is 0 Å². The van der Waals surface area contributed by atoms with Crippen LogP contribution in [0.1, 0.15) is 29.3 Å². The Morgan fingerprint density at radius 3 is 2.26 bits per heavy atom. The third-order valence-corrected chi connectivity index (χ3v) is 6.16. The lowest BCUT2D eigenvalue weighted by atomic mass is 9.78. The van der Waals surface area contributed by atoms with Crippen molar-refractivity contribution in [3.05, 3.63) is 92.0 Å². The van der Waals surface area contributed by atoms with Crippen LogP contribution in [0.25, 0.3) is 0 Å². The van der Waals surface area contributed by atoms with Gasteiger partial charge in [0.25, 0.3) is 29.1 Å². The predicted octanol–water partition coefficient (Wildman–Crippen LogP) is 3.26. The maximum atomic E-state index is 13.6. The molecular weight excluding hydrogens is 444 g/mol. The van der Waals surface area contributed by atoms with Gasteiger partial charge in [0.1, 0.15) is 5.56 Å². The Kier molecular flexibility index (Phi) is 5.93. The van der Waals surface area contributed by atoms with Crippen LogP contribution >= 0.6 is 0 Å². The first-order valence-electron chi connectivity index (χ1n) is 10.5. The number of nitro groups is 2. The summed E-state index contributed by atoms with van der Waals surface area (Å²) < 4.78 is 0. The molecule has 34 heavy (non-hydrogen) atoms. The minimum atomic E-state index is -0.980. The van der Waals surface area contributed by atoms with Gasteiger partial charge >= 0.3 is 0 Å². The highest BCUT2D eigenvalue weighted by atomic mass is 16.6. The molecule has 3 amide bonds. The quantitative estimate of drug-likeness (QED) is 0.276. The Balaban J connectivity index is 1.82. The number of amides is 3. The topological polar surface area (TPSA) is 144 Å². The number of nitro benzene ring substituents is 2. The van der Waals surface area contributed by atoms with Crippen LogP contribution in [0.2, 0.25) is 0 Å². The summed E-state index contributed by atoms with van der Waals surface area (Å²) >= 11 is 0. The van der Waals surface area contributed by atoms with Crippen LogP contribution < -0.4 is 0 Å². The van der Waals surface area contributed by atoms with Gasteiger partial charge in [-0.2, -0.15) is 5.01 Å². The van der Waals surface area contributed by atoms with E-state index < -0.39 is 51.6 Å². The molecule has 2 aromatic carbocycles. The number of para-hydroxylation sites is 2. The standard InChI is InChI=1S/C23H20N4O7/c1-14-7-6-10-17-20(14)23(30)25(22(17)29)24(13-15-8-2-4-11-18(15)26(31)32)21(28)16-9-3-5-12-19(16)27(33)34/h2-9,11-12,14,17,20H,10,13H2,1H3/t14-,17-,20+/m1/s1. The zero-order valence-electron chi connectivity index (χ0n) is 18.1. The van der Waals surface area contributed by atoms with E-state index in [1.54, 1.807) is 13.0 Å². The van der Waals surface area contributed by atoms with E-state index in [2.05, 4.69) is 0 Å². The second-order valence-corrected chi connectivity index (χ2v) is 8.17. The number of carbonyl (C=O) groups excluding carboxylic acids is 3. The Hall–Kier alpha value is -4.41. The largest absolute Gasteiger partial charge is 0.282 e. The van der Waals surface area contributed by atoms with Gasteiger partial charge < -0.3 is 0 Å². The van der Waals surface area contributed by atoms with E-state index in [-0.39, 0.29) is 22.7 Å². The summed E-state index contributed by atoms with van der Waals surface area (Å²) in [6, 6.07) is 10.8. The lowest BCUT2D eigenvalue weighted by molar-refractivity contribution is -0.385. The number of hydrazine groups is 1. The number of allylic oxidation sites excluding steroid dienone is 2. The third kappa shape index (κ3) is 3.81. The van der Waals surface area contributed by atoms with E-state index in [0.717, 1.165) is 11.1 Å². The molecule has 1 aliphatic carbocycles. The zero-order chi connectivity index (χ0) is 24.6. The van der Waals surface area contributed by atoms with Gasteiger partial charge in [0, 0.05) is 12.1 Å². The van der Waals surface area contributed by atoms with Crippen molar-refractivity contribution >= 4 is 29.1 Å². The maximum absolute atomic E-state index is 13.6. The van der Waals surface area contributed by atoms with E-state index >= 15 is 0 Å². The van der Waals surface area contributed by atoms with Gasteiger partial charge in [-0.05, 0) is 18.4 Å². The van der Waals surface area contributed by atoms with E-state index in [9.17, 15) is 34.6 Å². The molecule has 1 heterocycles. The van der Waals surface area contributed by atoms with Gasteiger partial charge in [-0.1, -0.05) is 49.4 Å². The van der Waals surface area contributed by atoms with Gasteiger partial charge in [0.15, 0.2) is 0 Å². The molecule has 1 fully saturated rings. The molecule has 0 aromatic heterocycles. The summed E-state index contributed by atoms with van der Waals surface area (Å²) in [6.45, 7) is 1.29. The fourth-order valence-electron chi connectivity index (χ4n) is 4.54. The van der Waals surface area contributed by atoms with Crippen molar-refractivity contribution in [3.8, 4) is 0 Å². The summed E-state index contributed by atoms with van der Waals surface area (Å²) in [5.74, 6) is -3.83. The van der Waals surface area contributed by atoms with E-state index in [1.807, 2.05) is 6.08 Å². The molecule has 0 spiro atoms. The molecule has 1 aliphatic heterocycles. The number of fused-ring (bicyclic) bond motifs is 1. The second kappa shape index (κ2) is 8.85. The first-order chi connectivity index (χ1) is 16.2. The van der Waals surface area contributed by atoms with Crippen LogP contribution in [0.15, 0.2) is 60.7 Å². The Morgan fingerprint density at radius 2 is 1.62 bits per heavy atom. The summed E-state index contributed by atoms with van der Waals surface area (Å²) in [5, 5.41) is 24.6. The molecule has 3 atom stereocenters. The molecule has 0 saturated carbocycles. The smallest absolute Gasteiger partial charge is 0.272 e. The fraction of sp³-hybridized carbons (Fsp3) is 0.261. The van der Waals surface area contributed by atoms with Crippen LogP contribution in [0.3, 0.4) is 0 Å². The average Bonchev–Trinajstić information content (AvgIpc) is 3.08.